The molecule has 16 heavy (non-hydrogen) atoms. The van der Waals surface area contributed by atoms with Crippen molar-refractivity contribution in [2.45, 2.75) is 46.5 Å². The zero-order valence-corrected chi connectivity index (χ0v) is 11.2. The lowest BCUT2D eigenvalue weighted by Crippen LogP contribution is -2.02. The van der Waals surface area contributed by atoms with E-state index in [9.17, 15) is 0 Å². The fourth-order valence-electron chi connectivity index (χ4n) is 1.92. The van der Waals surface area contributed by atoms with Gasteiger partial charge in [-0.1, -0.05) is 44.9 Å². The standard InChI is InChI=1S/C15H26O/c1-5-9-14(10-6-2)15(11-7-3)12-8-13-16-4/h7-8,11-14H,5-6,9-10H2,1-4H3/b11-7-,13-8+,15-12+. The van der Waals surface area contributed by atoms with E-state index < -0.39 is 0 Å². The smallest absolute Gasteiger partial charge is 0.0824 e. The lowest BCUT2D eigenvalue weighted by Gasteiger charge is -2.16. The van der Waals surface area contributed by atoms with Gasteiger partial charge < -0.3 is 4.74 Å². The monoisotopic (exact) mass is 222 g/mol. The van der Waals surface area contributed by atoms with Gasteiger partial charge in [-0.15, -0.1) is 0 Å². The van der Waals surface area contributed by atoms with Gasteiger partial charge in [-0.05, 0) is 37.3 Å². The minimum Gasteiger partial charge on any atom is -0.504 e. The van der Waals surface area contributed by atoms with Crippen LogP contribution < -0.4 is 0 Å². The van der Waals surface area contributed by atoms with Crippen LogP contribution in [0.2, 0.25) is 0 Å². The number of allylic oxidation sites excluding steroid dienone is 5. The summed E-state index contributed by atoms with van der Waals surface area (Å²) in [6.07, 6.45) is 15.2. The second-order valence-corrected chi connectivity index (χ2v) is 4.01. The van der Waals surface area contributed by atoms with E-state index in [1.807, 2.05) is 6.08 Å². The van der Waals surface area contributed by atoms with Crippen molar-refractivity contribution in [1.29, 1.82) is 0 Å². The third kappa shape index (κ3) is 6.49. The van der Waals surface area contributed by atoms with Crippen LogP contribution in [0.5, 0.6) is 0 Å². The van der Waals surface area contributed by atoms with E-state index in [0.717, 1.165) is 0 Å². The number of ether oxygens (including phenoxy) is 1. The molecule has 0 atom stereocenters. The molecule has 0 unspecified atom stereocenters. The maximum Gasteiger partial charge on any atom is 0.0824 e. The molecule has 0 aromatic carbocycles. The van der Waals surface area contributed by atoms with Gasteiger partial charge in [0.2, 0.25) is 0 Å². The third-order valence-corrected chi connectivity index (χ3v) is 2.61. The normalized spacial score (nSPS) is 13.2. The summed E-state index contributed by atoms with van der Waals surface area (Å²) >= 11 is 0. The van der Waals surface area contributed by atoms with Crippen molar-refractivity contribution in [1.82, 2.24) is 0 Å². The Morgan fingerprint density at radius 3 is 2.25 bits per heavy atom. The molecule has 1 nitrogen and oxygen atoms in total. The molecule has 1 heteroatoms. The highest BCUT2D eigenvalue weighted by molar-refractivity contribution is 5.25. The molecule has 0 aliphatic rings. The highest BCUT2D eigenvalue weighted by Crippen LogP contribution is 2.23. The lowest BCUT2D eigenvalue weighted by atomic mass is 9.89. The Labute approximate surface area is 101 Å². The molecule has 0 saturated heterocycles. The molecule has 0 radical (unpaired) electrons. The minimum absolute atomic E-state index is 0.688. The second kappa shape index (κ2) is 10.5. The van der Waals surface area contributed by atoms with E-state index >= 15 is 0 Å². The molecule has 0 aliphatic carbocycles. The Bertz CT molecular complexity index is 230. The topological polar surface area (TPSA) is 9.23 Å². The molecule has 0 spiro atoms. The van der Waals surface area contributed by atoms with Gasteiger partial charge in [-0.25, -0.2) is 0 Å². The Morgan fingerprint density at radius 1 is 1.19 bits per heavy atom. The third-order valence-electron chi connectivity index (χ3n) is 2.61. The van der Waals surface area contributed by atoms with Crippen LogP contribution in [0.25, 0.3) is 0 Å². The minimum atomic E-state index is 0.688. The highest BCUT2D eigenvalue weighted by Gasteiger charge is 2.09. The van der Waals surface area contributed by atoms with Gasteiger partial charge >= 0.3 is 0 Å². The summed E-state index contributed by atoms with van der Waals surface area (Å²) in [4.78, 5) is 0. The first-order chi connectivity index (χ1) is 7.79. The highest BCUT2D eigenvalue weighted by atomic mass is 16.5. The van der Waals surface area contributed by atoms with E-state index in [1.165, 1.54) is 31.3 Å². The number of methoxy groups -OCH3 is 1. The molecule has 0 aromatic heterocycles. The van der Waals surface area contributed by atoms with Crippen LogP contribution in [-0.2, 0) is 4.74 Å². The summed E-state index contributed by atoms with van der Waals surface area (Å²) < 4.78 is 4.92. The van der Waals surface area contributed by atoms with Crippen LogP contribution in [0.3, 0.4) is 0 Å². The molecule has 0 heterocycles. The van der Waals surface area contributed by atoms with Crippen LogP contribution >= 0.6 is 0 Å². The van der Waals surface area contributed by atoms with Crippen LogP contribution in [0, 0.1) is 5.92 Å². The van der Waals surface area contributed by atoms with Gasteiger partial charge in [-0.3, -0.25) is 0 Å². The zero-order valence-electron chi connectivity index (χ0n) is 11.2. The van der Waals surface area contributed by atoms with Gasteiger partial charge in [0.25, 0.3) is 0 Å². The van der Waals surface area contributed by atoms with Crippen LogP contribution in [0.4, 0.5) is 0 Å². The molecule has 0 N–H and O–H groups in total. The lowest BCUT2D eigenvalue weighted by molar-refractivity contribution is 0.338. The van der Waals surface area contributed by atoms with Crippen molar-refractivity contribution in [3.8, 4) is 0 Å². The van der Waals surface area contributed by atoms with Crippen molar-refractivity contribution in [2.24, 2.45) is 5.92 Å². The van der Waals surface area contributed by atoms with Gasteiger partial charge in [-0.2, -0.15) is 0 Å². The van der Waals surface area contributed by atoms with E-state index in [4.69, 9.17) is 4.74 Å². The molecule has 0 aromatic rings. The first-order valence-electron chi connectivity index (χ1n) is 6.32. The van der Waals surface area contributed by atoms with E-state index in [-0.39, 0.29) is 0 Å². The molecular weight excluding hydrogens is 196 g/mol. The Hall–Kier alpha value is -0.980. The predicted octanol–water partition coefficient (Wildman–Crippen LogP) is 4.87. The van der Waals surface area contributed by atoms with Crippen molar-refractivity contribution < 1.29 is 4.74 Å². The summed E-state index contributed by atoms with van der Waals surface area (Å²) in [5, 5.41) is 0. The summed E-state index contributed by atoms with van der Waals surface area (Å²) in [6.45, 7) is 6.57. The molecule has 0 amide bonds. The quantitative estimate of drug-likeness (QED) is 0.421. The van der Waals surface area contributed by atoms with Crippen LogP contribution in [0.15, 0.2) is 36.1 Å². The molecule has 92 valence electrons. The molecular formula is C15H26O. The number of hydrogen-bond donors (Lipinski definition) is 0. The van der Waals surface area contributed by atoms with Crippen LogP contribution in [0.1, 0.15) is 46.5 Å². The van der Waals surface area contributed by atoms with Gasteiger partial charge in [0.05, 0.1) is 13.4 Å². The fraction of sp³-hybridized carbons (Fsp3) is 0.600. The molecule has 0 aliphatic heterocycles. The summed E-state index contributed by atoms with van der Waals surface area (Å²) in [6, 6.07) is 0. The molecule has 0 bridgehead atoms. The Kier molecular flexibility index (Phi) is 9.89. The Balaban J connectivity index is 4.67. The predicted molar refractivity (Wildman–Crippen MR) is 72.4 cm³/mol. The number of rotatable bonds is 8. The SMILES string of the molecule is C\C=C/C(=C\C=C\OC)C(CCC)CCC. The average Bonchev–Trinajstić information content (AvgIpc) is 2.28. The first kappa shape index (κ1) is 15.0. The maximum atomic E-state index is 4.92. The zero-order chi connectivity index (χ0) is 12.2. The van der Waals surface area contributed by atoms with Crippen molar-refractivity contribution in [3.05, 3.63) is 36.1 Å². The molecule has 0 rings (SSSR count). The van der Waals surface area contributed by atoms with Crippen molar-refractivity contribution >= 4 is 0 Å². The fourth-order valence-corrected chi connectivity index (χ4v) is 1.92. The van der Waals surface area contributed by atoms with Crippen LogP contribution in [-0.4, -0.2) is 7.11 Å². The second-order valence-electron chi connectivity index (χ2n) is 4.01. The van der Waals surface area contributed by atoms with Crippen molar-refractivity contribution in [2.75, 3.05) is 7.11 Å². The van der Waals surface area contributed by atoms with Crippen molar-refractivity contribution in [3.63, 3.8) is 0 Å². The number of hydrogen-bond acceptors (Lipinski definition) is 1. The van der Waals surface area contributed by atoms with Gasteiger partial charge in [0.1, 0.15) is 0 Å². The van der Waals surface area contributed by atoms with E-state index in [2.05, 4.69) is 39.0 Å². The molecule has 0 saturated carbocycles. The summed E-state index contributed by atoms with van der Waals surface area (Å²) in [5.41, 5.74) is 1.42. The van der Waals surface area contributed by atoms with E-state index in [0.29, 0.717) is 5.92 Å². The summed E-state index contributed by atoms with van der Waals surface area (Å²) in [7, 11) is 1.68. The Morgan fingerprint density at radius 2 is 1.81 bits per heavy atom. The first-order valence-corrected chi connectivity index (χ1v) is 6.32. The average molecular weight is 222 g/mol. The summed E-state index contributed by atoms with van der Waals surface area (Å²) in [5.74, 6) is 0.688. The van der Waals surface area contributed by atoms with Gasteiger partial charge in [0, 0.05) is 0 Å². The van der Waals surface area contributed by atoms with Gasteiger partial charge in [0.15, 0.2) is 0 Å². The van der Waals surface area contributed by atoms with E-state index in [1.54, 1.807) is 13.4 Å². The maximum absolute atomic E-state index is 4.92. The largest absolute Gasteiger partial charge is 0.504 e. The molecule has 0 fully saturated rings.